The molecule has 0 fully saturated rings. The van der Waals surface area contributed by atoms with E-state index < -0.39 is 6.36 Å². The Morgan fingerprint density at radius 3 is 2.65 bits per heavy atom. The van der Waals surface area contributed by atoms with Crippen LogP contribution in [0.2, 0.25) is 0 Å². The highest BCUT2D eigenvalue weighted by atomic mass is 35.5. The number of rotatable bonds is 4. The minimum Gasteiger partial charge on any atom is -0.406 e. The zero-order valence-corrected chi connectivity index (χ0v) is 14.7. The summed E-state index contributed by atoms with van der Waals surface area (Å²) in [6, 6.07) is 5.43. The van der Waals surface area contributed by atoms with E-state index in [0.29, 0.717) is 17.8 Å². The molecule has 3 rings (SSSR count). The summed E-state index contributed by atoms with van der Waals surface area (Å²) in [7, 11) is 1.62. The molecule has 0 atom stereocenters. The normalized spacial score (nSPS) is 13.5. The van der Waals surface area contributed by atoms with Gasteiger partial charge in [-0.1, -0.05) is 12.1 Å². The van der Waals surface area contributed by atoms with E-state index >= 15 is 0 Å². The maximum absolute atomic E-state index is 12.6. The summed E-state index contributed by atoms with van der Waals surface area (Å²) in [6.45, 7) is 1.68. The van der Waals surface area contributed by atoms with Crippen molar-refractivity contribution < 1.29 is 22.7 Å². The number of nitrogens with one attached hydrogen (secondary N) is 2. The van der Waals surface area contributed by atoms with E-state index in [0.717, 1.165) is 24.2 Å². The highest BCUT2D eigenvalue weighted by Gasteiger charge is 2.31. The van der Waals surface area contributed by atoms with Crippen molar-refractivity contribution in [3.8, 4) is 5.75 Å². The van der Waals surface area contributed by atoms with Gasteiger partial charge in [0.1, 0.15) is 5.75 Å². The second kappa shape index (κ2) is 7.96. The molecule has 1 aromatic heterocycles. The first-order chi connectivity index (χ1) is 11.8. The zero-order chi connectivity index (χ0) is 18.0. The van der Waals surface area contributed by atoms with E-state index in [1.54, 1.807) is 7.05 Å². The fourth-order valence-electron chi connectivity index (χ4n) is 2.73. The maximum Gasteiger partial charge on any atom is 0.573 e. The molecule has 2 N–H and O–H groups in total. The molecular formula is C16H18ClF3N4O2. The van der Waals surface area contributed by atoms with Crippen LogP contribution in [-0.2, 0) is 19.5 Å². The van der Waals surface area contributed by atoms with Crippen LogP contribution in [0, 0.1) is 0 Å². The molecule has 0 saturated carbocycles. The standard InChI is InChI=1S/C16H17F3N4O2.ClH/c1-23(9-10-2-4-11(5-3-10)25-16(17,18)19)15(24)14-12-8-20-7-6-13(12)21-22-14;/h2-5,20H,6-9H2,1H3,(H,21,22);1H. The number of alkyl halides is 3. The molecule has 0 radical (unpaired) electrons. The molecule has 0 saturated heterocycles. The van der Waals surface area contributed by atoms with Gasteiger partial charge in [0.25, 0.3) is 5.91 Å². The number of amides is 1. The largest absolute Gasteiger partial charge is 0.573 e. The van der Waals surface area contributed by atoms with Gasteiger partial charge in [0, 0.05) is 44.4 Å². The first-order valence-electron chi connectivity index (χ1n) is 7.70. The van der Waals surface area contributed by atoms with E-state index in [1.807, 2.05) is 0 Å². The van der Waals surface area contributed by atoms with E-state index in [9.17, 15) is 18.0 Å². The number of nitrogens with zero attached hydrogens (tertiary/aromatic N) is 2. The van der Waals surface area contributed by atoms with Crippen LogP contribution < -0.4 is 10.1 Å². The number of fused-ring (bicyclic) bond motifs is 1. The van der Waals surface area contributed by atoms with Crippen LogP contribution in [0.1, 0.15) is 27.3 Å². The highest BCUT2D eigenvalue weighted by molar-refractivity contribution is 5.93. The van der Waals surface area contributed by atoms with Gasteiger partial charge < -0.3 is 15.0 Å². The van der Waals surface area contributed by atoms with Crippen LogP contribution in [0.3, 0.4) is 0 Å². The van der Waals surface area contributed by atoms with Gasteiger partial charge in [-0.15, -0.1) is 25.6 Å². The van der Waals surface area contributed by atoms with Gasteiger partial charge in [-0.25, -0.2) is 0 Å². The number of halogens is 4. The van der Waals surface area contributed by atoms with Crippen molar-refractivity contribution in [2.75, 3.05) is 13.6 Å². The number of hydrogen-bond donors (Lipinski definition) is 2. The Labute approximate surface area is 154 Å². The van der Waals surface area contributed by atoms with Gasteiger partial charge in [-0.3, -0.25) is 9.89 Å². The van der Waals surface area contributed by atoms with Crippen LogP contribution in [0.25, 0.3) is 0 Å². The molecule has 0 unspecified atom stereocenters. The summed E-state index contributed by atoms with van der Waals surface area (Å²) in [5.41, 5.74) is 2.90. The molecule has 0 spiro atoms. The Hall–Kier alpha value is -2.26. The third-order valence-electron chi connectivity index (χ3n) is 3.93. The fourth-order valence-corrected chi connectivity index (χ4v) is 2.73. The van der Waals surface area contributed by atoms with Gasteiger partial charge in [-0.2, -0.15) is 5.10 Å². The topological polar surface area (TPSA) is 70.2 Å². The van der Waals surface area contributed by atoms with Crippen LogP contribution in [0.5, 0.6) is 5.75 Å². The number of carbonyl (C=O) groups is 1. The smallest absolute Gasteiger partial charge is 0.406 e. The summed E-state index contributed by atoms with van der Waals surface area (Å²) < 4.78 is 40.3. The SMILES string of the molecule is CN(Cc1ccc(OC(F)(F)F)cc1)C(=O)c1n[nH]c2c1CNCC2.Cl. The van der Waals surface area contributed by atoms with Crippen LogP contribution in [-0.4, -0.2) is 41.0 Å². The fraction of sp³-hybridized carbons (Fsp3) is 0.375. The monoisotopic (exact) mass is 390 g/mol. The number of ether oxygens (including phenoxy) is 1. The third-order valence-corrected chi connectivity index (χ3v) is 3.93. The Morgan fingerprint density at radius 2 is 2.00 bits per heavy atom. The Kier molecular flexibility index (Phi) is 6.14. The van der Waals surface area contributed by atoms with Crippen molar-refractivity contribution >= 4 is 18.3 Å². The van der Waals surface area contributed by atoms with Crippen molar-refractivity contribution in [1.82, 2.24) is 20.4 Å². The number of aromatic amines is 1. The molecule has 142 valence electrons. The highest BCUT2D eigenvalue weighted by Crippen LogP contribution is 2.23. The molecule has 1 aromatic carbocycles. The number of carbonyl (C=O) groups excluding carboxylic acids is 1. The lowest BCUT2D eigenvalue weighted by molar-refractivity contribution is -0.274. The van der Waals surface area contributed by atoms with Crippen molar-refractivity contribution in [3.05, 3.63) is 46.8 Å². The molecular weight excluding hydrogens is 373 g/mol. The van der Waals surface area contributed by atoms with Crippen LogP contribution in [0.4, 0.5) is 13.2 Å². The molecule has 0 bridgehead atoms. The van der Waals surface area contributed by atoms with Gasteiger partial charge in [-0.05, 0) is 17.7 Å². The predicted octanol–water partition coefficient (Wildman–Crippen LogP) is 2.65. The maximum atomic E-state index is 12.6. The van der Waals surface area contributed by atoms with Gasteiger partial charge in [0.15, 0.2) is 5.69 Å². The van der Waals surface area contributed by atoms with Gasteiger partial charge >= 0.3 is 6.36 Å². The third kappa shape index (κ3) is 4.67. The molecule has 0 aliphatic carbocycles. The van der Waals surface area contributed by atoms with Gasteiger partial charge in [0.2, 0.25) is 0 Å². The lowest BCUT2D eigenvalue weighted by atomic mass is 10.1. The molecule has 26 heavy (non-hydrogen) atoms. The first-order valence-corrected chi connectivity index (χ1v) is 7.70. The van der Waals surface area contributed by atoms with E-state index in [2.05, 4.69) is 20.3 Å². The minimum atomic E-state index is -4.72. The van der Waals surface area contributed by atoms with Gasteiger partial charge in [0.05, 0.1) is 0 Å². The van der Waals surface area contributed by atoms with Crippen molar-refractivity contribution in [3.63, 3.8) is 0 Å². The summed E-state index contributed by atoms with van der Waals surface area (Å²) >= 11 is 0. The first kappa shape index (κ1) is 20.1. The average molecular weight is 391 g/mol. The minimum absolute atomic E-state index is 0. The number of aromatic nitrogens is 2. The Bertz CT molecular complexity index is 762. The summed E-state index contributed by atoms with van der Waals surface area (Å²) in [5.74, 6) is -0.533. The Morgan fingerprint density at radius 1 is 1.31 bits per heavy atom. The van der Waals surface area contributed by atoms with E-state index in [1.165, 1.54) is 29.2 Å². The zero-order valence-electron chi connectivity index (χ0n) is 13.9. The van der Waals surface area contributed by atoms with E-state index in [-0.39, 0.29) is 30.6 Å². The molecule has 6 nitrogen and oxygen atoms in total. The second-order valence-corrected chi connectivity index (χ2v) is 5.81. The van der Waals surface area contributed by atoms with Crippen molar-refractivity contribution in [2.45, 2.75) is 25.9 Å². The lowest BCUT2D eigenvalue weighted by Gasteiger charge is -2.18. The number of benzene rings is 1. The molecule has 10 heteroatoms. The Balaban J connectivity index is 0.00000243. The van der Waals surface area contributed by atoms with Crippen molar-refractivity contribution in [2.24, 2.45) is 0 Å². The summed E-state index contributed by atoms with van der Waals surface area (Å²) in [6.07, 6.45) is -3.93. The summed E-state index contributed by atoms with van der Waals surface area (Å²) in [5, 5.41) is 10.2. The molecule has 2 aromatic rings. The average Bonchev–Trinajstić information content (AvgIpc) is 2.98. The number of hydrogen-bond acceptors (Lipinski definition) is 4. The van der Waals surface area contributed by atoms with Crippen LogP contribution in [0.15, 0.2) is 24.3 Å². The lowest BCUT2D eigenvalue weighted by Crippen LogP contribution is -2.30. The van der Waals surface area contributed by atoms with E-state index in [4.69, 9.17) is 0 Å². The number of H-pyrrole nitrogens is 1. The quantitative estimate of drug-likeness (QED) is 0.842. The van der Waals surface area contributed by atoms with Crippen LogP contribution >= 0.6 is 12.4 Å². The summed E-state index contributed by atoms with van der Waals surface area (Å²) in [4.78, 5) is 14.1. The second-order valence-electron chi connectivity index (χ2n) is 5.81. The molecule has 1 aliphatic heterocycles. The molecule has 1 aliphatic rings. The molecule has 1 amide bonds. The van der Waals surface area contributed by atoms with Crippen molar-refractivity contribution in [1.29, 1.82) is 0 Å². The molecule has 2 heterocycles. The predicted molar refractivity (Wildman–Crippen MR) is 90.2 cm³/mol.